The molecule has 1 nitrogen and oxygen atoms in total. The molecule has 0 N–H and O–H groups in total. The lowest BCUT2D eigenvalue weighted by molar-refractivity contribution is 0.319. The summed E-state index contributed by atoms with van der Waals surface area (Å²) in [6.45, 7) is 10.5. The van der Waals surface area contributed by atoms with Gasteiger partial charge in [-0.3, -0.25) is 0 Å². The highest BCUT2D eigenvalue weighted by Gasteiger charge is 1.98. The van der Waals surface area contributed by atoms with Crippen LogP contribution in [0.1, 0.15) is 26.2 Å². The molecule has 0 rings (SSSR count). The van der Waals surface area contributed by atoms with E-state index in [1.165, 1.54) is 19.3 Å². The van der Waals surface area contributed by atoms with Crippen molar-refractivity contribution in [3.8, 4) is 0 Å². The molecule has 0 atom stereocenters. The monoisotopic (exact) mass is 170 g/mol. The van der Waals surface area contributed by atoms with E-state index in [1.807, 2.05) is 11.4 Å². The van der Waals surface area contributed by atoms with Crippen molar-refractivity contribution in [3.05, 3.63) is 24.6 Å². The third-order valence-electron chi connectivity index (χ3n) is 1.52. The zero-order valence-electron chi connectivity index (χ0n) is 7.38. The Hall–Kier alpha value is -0.343. The maximum Gasteiger partial charge on any atom is 0.224 e. The van der Waals surface area contributed by atoms with Gasteiger partial charge in [-0.15, -0.1) is 13.2 Å². The van der Waals surface area contributed by atoms with Gasteiger partial charge in [-0.2, -0.15) is 0 Å². The lowest BCUT2D eigenvalue weighted by Gasteiger charge is -2.06. The minimum atomic E-state index is -1.21. The summed E-state index contributed by atoms with van der Waals surface area (Å²) in [5.41, 5.74) is 3.80. The second kappa shape index (κ2) is 7.76. The van der Waals surface area contributed by atoms with E-state index in [1.54, 1.807) is 0 Å². The molecule has 64 valence electrons. The van der Waals surface area contributed by atoms with E-state index in [-0.39, 0.29) is 0 Å². The number of unbranched alkanes of at least 4 members (excludes halogenated alkanes) is 2. The van der Waals surface area contributed by atoms with Crippen molar-refractivity contribution in [2.45, 2.75) is 26.2 Å². The predicted molar refractivity (Wildman–Crippen MR) is 53.0 cm³/mol. The zero-order chi connectivity index (χ0) is 8.53. The second-order valence-electron chi connectivity index (χ2n) is 2.51. The Morgan fingerprint density at radius 2 is 1.91 bits per heavy atom. The van der Waals surface area contributed by atoms with Gasteiger partial charge < -0.3 is 4.43 Å². The lowest BCUT2D eigenvalue weighted by atomic mass is 10.3. The highest BCUT2D eigenvalue weighted by Crippen LogP contribution is 1.96. The Balaban J connectivity index is 3.21. The van der Waals surface area contributed by atoms with E-state index in [9.17, 15) is 0 Å². The van der Waals surface area contributed by atoms with Crippen LogP contribution in [-0.4, -0.2) is 15.6 Å². The van der Waals surface area contributed by atoms with Gasteiger partial charge in [-0.05, 0) is 6.42 Å². The van der Waals surface area contributed by atoms with Gasteiger partial charge in [0.15, 0.2) is 0 Å². The normalized spacial score (nSPS) is 10.0. The van der Waals surface area contributed by atoms with E-state index in [0.29, 0.717) is 0 Å². The quantitative estimate of drug-likeness (QED) is 0.421. The van der Waals surface area contributed by atoms with Crippen LogP contribution in [0.3, 0.4) is 0 Å². The minimum Gasteiger partial charge on any atom is -0.412 e. The summed E-state index contributed by atoms with van der Waals surface area (Å²) in [6, 6.07) is 0. The fourth-order valence-electron chi connectivity index (χ4n) is 0.804. The smallest absolute Gasteiger partial charge is 0.224 e. The fraction of sp³-hybridized carbons (Fsp3) is 0.556. The van der Waals surface area contributed by atoms with Gasteiger partial charge >= 0.3 is 0 Å². The SMILES string of the molecule is C=C[SiH](C=C)OCCCCC. The Labute approximate surface area is 71.5 Å². The average Bonchev–Trinajstić information content (AvgIpc) is 2.05. The van der Waals surface area contributed by atoms with Gasteiger partial charge in [-0.25, -0.2) is 0 Å². The maximum atomic E-state index is 5.55. The molecular weight excluding hydrogens is 152 g/mol. The molecule has 0 heterocycles. The van der Waals surface area contributed by atoms with Gasteiger partial charge in [0.2, 0.25) is 9.04 Å². The summed E-state index contributed by atoms with van der Waals surface area (Å²) in [6.07, 6.45) is 3.68. The van der Waals surface area contributed by atoms with E-state index in [0.717, 1.165) is 6.61 Å². The van der Waals surface area contributed by atoms with E-state index >= 15 is 0 Å². The molecule has 0 unspecified atom stereocenters. The van der Waals surface area contributed by atoms with Crippen LogP contribution in [0.4, 0.5) is 0 Å². The molecular formula is C9H18OSi. The first-order valence-corrected chi connectivity index (χ1v) is 6.02. The van der Waals surface area contributed by atoms with Crippen LogP contribution >= 0.6 is 0 Å². The lowest BCUT2D eigenvalue weighted by Crippen LogP contribution is -2.12. The molecule has 0 aliphatic heterocycles. The van der Waals surface area contributed by atoms with E-state index in [4.69, 9.17) is 4.43 Å². The molecule has 0 aromatic rings. The Morgan fingerprint density at radius 1 is 1.27 bits per heavy atom. The largest absolute Gasteiger partial charge is 0.412 e. The predicted octanol–water partition coefficient (Wildman–Crippen LogP) is 2.37. The van der Waals surface area contributed by atoms with E-state index in [2.05, 4.69) is 20.1 Å². The zero-order valence-corrected chi connectivity index (χ0v) is 8.54. The summed E-state index contributed by atoms with van der Waals surface area (Å²) in [5, 5.41) is 0. The molecule has 0 spiro atoms. The summed E-state index contributed by atoms with van der Waals surface area (Å²) in [5.74, 6) is 0. The summed E-state index contributed by atoms with van der Waals surface area (Å²) in [7, 11) is -1.21. The fourth-order valence-corrected chi connectivity index (χ4v) is 1.71. The minimum absolute atomic E-state index is 0.878. The van der Waals surface area contributed by atoms with Crippen molar-refractivity contribution in [2.24, 2.45) is 0 Å². The molecule has 0 aliphatic rings. The Kier molecular flexibility index (Phi) is 7.52. The van der Waals surface area contributed by atoms with Crippen molar-refractivity contribution in [2.75, 3.05) is 6.61 Å². The standard InChI is InChI=1S/C9H18OSi/c1-4-7-8-9-10-11(5-2)6-3/h5-6,11H,2-4,7-9H2,1H3. The molecule has 0 aliphatic carbocycles. The molecule has 0 aromatic heterocycles. The van der Waals surface area contributed by atoms with Crippen LogP contribution in [0.2, 0.25) is 0 Å². The van der Waals surface area contributed by atoms with Crippen LogP contribution in [0, 0.1) is 0 Å². The number of hydrogen-bond acceptors (Lipinski definition) is 1. The molecule has 11 heavy (non-hydrogen) atoms. The van der Waals surface area contributed by atoms with Crippen molar-refractivity contribution in [3.63, 3.8) is 0 Å². The van der Waals surface area contributed by atoms with Crippen LogP contribution in [0.15, 0.2) is 24.6 Å². The van der Waals surface area contributed by atoms with E-state index < -0.39 is 9.04 Å². The van der Waals surface area contributed by atoms with Gasteiger partial charge in [0.1, 0.15) is 0 Å². The molecule has 0 amide bonds. The highest BCUT2D eigenvalue weighted by atomic mass is 28.3. The van der Waals surface area contributed by atoms with Crippen molar-refractivity contribution in [1.29, 1.82) is 0 Å². The number of hydrogen-bond donors (Lipinski definition) is 0. The van der Waals surface area contributed by atoms with Crippen molar-refractivity contribution < 1.29 is 4.43 Å². The third-order valence-corrected chi connectivity index (χ3v) is 3.07. The van der Waals surface area contributed by atoms with Crippen LogP contribution in [-0.2, 0) is 4.43 Å². The van der Waals surface area contributed by atoms with Crippen LogP contribution in [0.5, 0.6) is 0 Å². The maximum absolute atomic E-state index is 5.55. The Morgan fingerprint density at radius 3 is 2.36 bits per heavy atom. The molecule has 0 saturated heterocycles. The van der Waals surface area contributed by atoms with Crippen LogP contribution < -0.4 is 0 Å². The molecule has 0 aromatic carbocycles. The molecule has 2 heteroatoms. The summed E-state index contributed by atoms with van der Waals surface area (Å²) >= 11 is 0. The first-order valence-electron chi connectivity index (χ1n) is 4.21. The molecule has 0 saturated carbocycles. The molecule has 0 radical (unpaired) electrons. The molecule has 0 fully saturated rings. The third kappa shape index (κ3) is 6.07. The van der Waals surface area contributed by atoms with Gasteiger partial charge in [0.05, 0.1) is 0 Å². The topological polar surface area (TPSA) is 9.23 Å². The van der Waals surface area contributed by atoms with Gasteiger partial charge in [-0.1, -0.05) is 31.2 Å². The Bertz CT molecular complexity index is 104. The highest BCUT2D eigenvalue weighted by molar-refractivity contribution is 6.62. The number of rotatable bonds is 7. The van der Waals surface area contributed by atoms with Gasteiger partial charge in [0, 0.05) is 6.61 Å². The molecule has 0 bridgehead atoms. The summed E-state index contributed by atoms with van der Waals surface area (Å²) in [4.78, 5) is 0. The summed E-state index contributed by atoms with van der Waals surface area (Å²) < 4.78 is 5.55. The first kappa shape index (κ1) is 10.7. The van der Waals surface area contributed by atoms with Gasteiger partial charge in [0.25, 0.3) is 0 Å². The van der Waals surface area contributed by atoms with Crippen molar-refractivity contribution in [1.82, 2.24) is 0 Å². The second-order valence-corrected chi connectivity index (χ2v) is 4.72. The van der Waals surface area contributed by atoms with Crippen molar-refractivity contribution >= 4 is 9.04 Å². The first-order chi connectivity index (χ1) is 5.35. The van der Waals surface area contributed by atoms with Crippen LogP contribution in [0.25, 0.3) is 0 Å². The average molecular weight is 170 g/mol.